The van der Waals surface area contributed by atoms with E-state index < -0.39 is 23.7 Å². The monoisotopic (exact) mass is 293 g/mol. The van der Waals surface area contributed by atoms with E-state index in [1.165, 1.54) is 19.1 Å². The fourth-order valence-corrected chi connectivity index (χ4v) is 1.35. The van der Waals surface area contributed by atoms with E-state index in [9.17, 15) is 22.8 Å². The number of methoxy groups -OCH3 is 1. The molecule has 0 saturated heterocycles. The molecule has 0 unspecified atom stereocenters. The molecule has 6 nitrogen and oxygen atoms in total. The molecule has 0 saturated carbocycles. The molecule has 0 aliphatic heterocycles. The number of carbonyl (C=O) groups is 2. The molecule has 9 heteroatoms. The van der Waals surface area contributed by atoms with E-state index in [0.717, 1.165) is 16.9 Å². The van der Waals surface area contributed by atoms with Crippen LogP contribution in [0.5, 0.6) is 0 Å². The molecule has 0 fully saturated rings. The first-order valence-corrected chi connectivity index (χ1v) is 5.65. The van der Waals surface area contributed by atoms with Crippen LogP contribution < -0.4 is 0 Å². The zero-order valence-corrected chi connectivity index (χ0v) is 11.0. The Labute approximate surface area is 113 Å². The van der Waals surface area contributed by atoms with Gasteiger partial charge < -0.3 is 9.64 Å². The van der Waals surface area contributed by atoms with Gasteiger partial charge in [0.05, 0.1) is 13.5 Å². The van der Waals surface area contributed by atoms with Gasteiger partial charge >= 0.3 is 12.1 Å². The molecule has 0 radical (unpaired) electrons. The first-order chi connectivity index (χ1) is 9.24. The third-order valence-corrected chi connectivity index (χ3v) is 2.53. The second kappa shape index (κ2) is 6.40. The minimum Gasteiger partial charge on any atom is -0.469 e. The summed E-state index contributed by atoms with van der Waals surface area (Å²) in [4.78, 5) is 23.8. The minimum absolute atomic E-state index is 0.0195. The molecule has 1 aromatic rings. The largest absolute Gasteiger partial charge is 0.469 e. The van der Waals surface area contributed by atoms with Crippen molar-refractivity contribution in [1.82, 2.24) is 14.7 Å². The number of carbonyl (C=O) groups excluding carboxylic acids is 2. The Hall–Kier alpha value is -2.06. The van der Waals surface area contributed by atoms with Crippen LogP contribution in [0.1, 0.15) is 12.1 Å². The Kier molecular flexibility index (Phi) is 5.12. The lowest BCUT2D eigenvalue weighted by molar-refractivity contribution is -0.143. The lowest BCUT2D eigenvalue weighted by atomic mass is 10.4. The highest BCUT2D eigenvalue weighted by Crippen LogP contribution is 2.27. The Morgan fingerprint density at radius 3 is 2.60 bits per heavy atom. The minimum atomic E-state index is -4.54. The average Bonchev–Trinajstić information content (AvgIpc) is 2.83. The van der Waals surface area contributed by atoms with Gasteiger partial charge in [-0.1, -0.05) is 0 Å². The third kappa shape index (κ3) is 4.56. The lowest BCUT2D eigenvalue weighted by Crippen LogP contribution is -2.32. The van der Waals surface area contributed by atoms with Crippen molar-refractivity contribution in [3.8, 4) is 0 Å². The normalized spacial score (nSPS) is 11.2. The molecule has 0 bridgehead atoms. The van der Waals surface area contributed by atoms with E-state index in [2.05, 4.69) is 9.84 Å². The van der Waals surface area contributed by atoms with E-state index in [-0.39, 0.29) is 19.5 Å². The van der Waals surface area contributed by atoms with Gasteiger partial charge in [0.1, 0.15) is 6.54 Å². The maximum atomic E-state index is 12.3. The molecule has 0 aliphatic rings. The molecule has 0 spiro atoms. The van der Waals surface area contributed by atoms with Crippen LogP contribution in [-0.2, 0) is 27.0 Å². The fourth-order valence-electron chi connectivity index (χ4n) is 1.35. The summed E-state index contributed by atoms with van der Waals surface area (Å²) < 4.78 is 42.3. The van der Waals surface area contributed by atoms with Crippen LogP contribution in [0, 0.1) is 0 Å². The number of likely N-dealkylation sites (N-methyl/N-ethyl adjacent to an activating group) is 1. The SMILES string of the molecule is COC(=O)CCN(C)C(=O)Cn1ccc(C(F)(F)F)n1. The van der Waals surface area contributed by atoms with E-state index >= 15 is 0 Å². The van der Waals surface area contributed by atoms with Crippen molar-refractivity contribution in [2.75, 3.05) is 20.7 Å². The molecule has 0 aromatic carbocycles. The summed E-state index contributed by atoms with van der Waals surface area (Å²) in [6, 6.07) is 0.793. The lowest BCUT2D eigenvalue weighted by Gasteiger charge is -2.16. The Morgan fingerprint density at radius 1 is 1.45 bits per heavy atom. The van der Waals surface area contributed by atoms with Gasteiger partial charge in [0.15, 0.2) is 5.69 Å². The van der Waals surface area contributed by atoms with Crippen molar-refractivity contribution in [2.45, 2.75) is 19.1 Å². The first kappa shape index (κ1) is 16.0. The van der Waals surface area contributed by atoms with Crippen LogP contribution in [0.15, 0.2) is 12.3 Å². The van der Waals surface area contributed by atoms with Crippen LogP contribution in [0.2, 0.25) is 0 Å². The molecule has 1 rings (SSSR count). The summed E-state index contributed by atoms with van der Waals surface area (Å²) in [5.41, 5.74) is -1.05. The summed E-state index contributed by atoms with van der Waals surface area (Å²) in [6.45, 7) is -0.202. The molecule has 0 atom stereocenters. The van der Waals surface area contributed by atoms with Crippen molar-refractivity contribution in [2.24, 2.45) is 0 Å². The number of hydrogen-bond donors (Lipinski definition) is 0. The van der Waals surface area contributed by atoms with E-state index in [1.807, 2.05) is 0 Å². The summed E-state index contributed by atoms with van der Waals surface area (Å²) in [7, 11) is 2.67. The second-order valence-corrected chi connectivity index (χ2v) is 4.04. The predicted octanol–water partition coefficient (Wildman–Crippen LogP) is 0.923. The van der Waals surface area contributed by atoms with E-state index in [1.54, 1.807) is 0 Å². The molecule has 0 aliphatic carbocycles. The zero-order chi connectivity index (χ0) is 15.3. The Bertz CT molecular complexity index is 485. The van der Waals surface area contributed by atoms with Crippen molar-refractivity contribution >= 4 is 11.9 Å². The van der Waals surface area contributed by atoms with Crippen LogP contribution in [0.3, 0.4) is 0 Å². The van der Waals surface area contributed by atoms with Crippen LogP contribution >= 0.6 is 0 Å². The predicted molar refractivity (Wildman–Crippen MR) is 61.5 cm³/mol. The van der Waals surface area contributed by atoms with Crippen molar-refractivity contribution in [3.05, 3.63) is 18.0 Å². The van der Waals surface area contributed by atoms with Crippen molar-refractivity contribution < 1.29 is 27.5 Å². The van der Waals surface area contributed by atoms with Gasteiger partial charge in [-0.25, -0.2) is 0 Å². The maximum absolute atomic E-state index is 12.3. The molecule has 0 N–H and O–H groups in total. The van der Waals surface area contributed by atoms with Gasteiger partial charge in [-0.05, 0) is 6.07 Å². The average molecular weight is 293 g/mol. The van der Waals surface area contributed by atoms with Gasteiger partial charge in [0.2, 0.25) is 5.91 Å². The highest BCUT2D eigenvalue weighted by Gasteiger charge is 2.33. The van der Waals surface area contributed by atoms with E-state index in [0.29, 0.717) is 0 Å². The highest BCUT2D eigenvalue weighted by molar-refractivity contribution is 5.76. The maximum Gasteiger partial charge on any atom is 0.435 e. The topological polar surface area (TPSA) is 64.4 Å². The Morgan fingerprint density at radius 2 is 2.10 bits per heavy atom. The number of nitrogens with zero attached hydrogens (tertiary/aromatic N) is 3. The van der Waals surface area contributed by atoms with Crippen molar-refractivity contribution in [1.29, 1.82) is 0 Å². The second-order valence-electron chi connectivity index (χ2n) is 4.04. The van der Waals surface area contributed by atoms with Crippen LogP contribution in [0.25, 0.3) is 0 Å². The molecule has 1 aromatic heterocycles. The van der Waals surface area contributed by atoms with Gasteiger partial charge in [-0.2, -0.15) is 18.3 Å². The molecule has 20 heavy (non-hydrogen) atoms. The molecule has 1 heterocycles. The van der Waals surface area contributed by atoms with Gasteiger partial charge in [-0.3, -0.25) is 14.3 Å². The fraction of sp³-hybridized carbons (Fsp3) is 0.545. The Balaban J connectivity index is 2.53. The standard InChI is InChI=1S/C11H14F3N3O3/c1-16(5-4-10(19)20-2)9(18)7-17-6-3-8(15-17)11(12,13)14/h3,6H,4-5,7H2,1-2H3. The first-order valence-electron chi connectivity index (χ1n) is 5.65. The summed E-state index contributed by atoms with van der Waals surface area (Å²) >= 11 is 0. The van der Waals surface area contributed by atoms with E-state index in [4.69, 9.17) is 0 Å². The highest BCUT2D eigenvalue weighted by atomic mass is 19.4. The number of rotatable bonds is 5. The smallest absolute Gasteiger partial charge is 0.435 e. The number of aromatic nitrogens is 2. The summed E-state index contributed by atoms with van der Waals surface area (Å²) in [5.74, 6) is -0.922. The number of hydrogen-bond acceptors (Lipinski definition) is 4. The van der Waals surface area contributed by atoms with Gasteiger partial charge in [0, 0.05) is 19.8 Å². The molecule has 112 valence electrons. The number of alkyl halides is 3. The van der Waals surface area contributed by atoms with Crippen molar-refractivity contribution in [3.63, 3.8) is 0 Å². The third-order valence-electron chi connectivity index (χ3n) is 2.53. The number of amides is 1. The number of esters is 1. The van der Waals surface area contributed by atoms with Gasteiger partial charge in [0.25, 0.3) is 0 Å². The van der Waals surface area contributed by atoms with Crippen LogP contribution in [-0.4, -0.2) is 47.3 Å². The molecule has 1 amide bonds. The summed E-state index contributed by atoms with van der Waals surface area (Å²) in [6.07, 6.45) is -3.44. The molecular weight excluding hydrogens is 279 g/mol. The zero-order valence-electron chi connectivity index (χ0n) is 11.0. The molecular formula is C11H14F3N3O3. The quantitative estimate of drug-likeness (QED) is 0.757. The van der Waals surface area contributed by atoms with Crippen LogP contribution in [0.4, 0.5) is 13.2 Å². The van der Waals surface area contributed by atoms with Gasteiger partial charge in [-0.15, -0.1) is 0 Å². The number of ether oxygens (including phenoxy) is 1. The number of halogens is 3. The summed E-state index contributed by atoms with van der Waals surface area (Å²) in [5, 5.41) is 3.27.